The second-order valence-corrected chi connectivity index (χ2v) is 7.56. The SMILES string of the molecule is CN(C(=O)c1cc2cccnc2n(Cc2ccccc2)c1=O)C1CCCCC1. The van der Waals surface area contributed by atoms with E-state index in [1.807, 2.05) is 49.5 Å². The van der Waals surface area contributed by atoms with Crippen molar-refractivity contribution in [1.82, 2.24) is 14.5 Å². The molecule has 3 aromatic rings. The summed E-state index contributed by atoms with van der Waals surface area (Å²) >= 11 is 0. The van der Waals surface area contributed by atoms with E-state index in [2.05, 4.69) is 4.98 Å². The summed E-state index contributed by atoms with van der Waals surface area (Å²) in [4.78, 5) is 32.7. The van der Waals surface area contributed by atoms with Gasteiger partial charge in [0.15, 0.2) is 0 Å². The number of carbonyl (C=O) groups excluding carboxylic acids is 1. The summed E-state index contributed by atoms with van der Waals surface area (Å²) in [5.74, 6) is -0.190. The fraction of sp³-hybridized carbons (Fsp3) is 0.348. The first-order valence-electron chi connectivity index (χ1n) is 9.95. The summed E-state index contributed by atoms with van der Waals surface area (Å²) in [6.07, 6.45) is 7.21. The Labute approximate surface area is 164 Å². The van der Waals surface area contributed by atoms with Crippen molar-refractivity contribution in [3.8, 4) is 0 Å². The number of aromatic nitrogens is 2. The van der Waals surface area contributed by atoms with Crippen molar-refractivity contribution in [2.45, 2.75) is 44.7 Å². The minimum absolute atomic E-state index is 0.190. The highest BCUT2D eigenvalue weighted by Gasteiger charge is 2.26. The van der Waals surface area contributed by atoms with E-state index >= 15 is 0 Å². The van der Waals surface area contributed by atoms with Crippen LogP contribution in [0.15, 0.2) is 59.5 Å². The molecule has 0 radical (unpaired) electrons. The normalized spacial score (nSPS) is 14.9. The molecular weight excluding hydrogens is 350 g/mol. The van der Waals surface area contributed by atoms with Gasteiger partial charge in [0, 0.05) is 24.7 Å². The zero-order chi connectivity index (χ0) is 19.5. The third kappa shape index (κ3) is 3.57. The minimum atomic E-state index is -0.275. The van der Waals surface area contributed by atoms with Gasteiger partial charge < -0.3 is 4.90 Å². The molecular formula is C23H25N3O2. The Kier molecular flexibility index (Phi) is 5.24. The van der Waals surface area contributed by atoms with E-state index < -0.39 is 0 Å². The number of hydrogen-bond donors (Lipinski definition) is 0. The molecule has 2 heterocycles. The molecule has 144 valence electrons. The van der Waals surface area contributed by atoms with Gasteiger partial charge in [-0.25, -0.2) is 4.98 Å². The predicted molar refractivity (Wildman–Crippen MR) is 111 cm³/mol. The molecule has 28 heavy (non-hydrogen) atoms. The van der Waals surface area contributed by atoms with Crippen LogP contribution in [0.3, 0.4) is 0 Å². The van der Waals surface area contributed by atoms with Gasteiger partial charge in [0.1, 0.15) is 11.2 Å². The molecule has 0 atom stereocenters. The van der Waals surface area contributed by atoms with Crippen molar-refractivity contribution < 1.29 is 4.79 Å². The second-order valence-electron chi connectivity index (χ2n) is 7.56. The van der Waals surface area contributed by atoms with Crippen LogP contribution in [0.2, 0.25) is 0 Å². The molecule has 1 aliphatic carbocycles. The highest BCUT2D eigenvalue weighted by atomic mass is 16.2. The number of carbonyl (C=O) groups is 1. The molecule has 0 saturated heterocycles. The van der Waals surface area contributed by atoms with E-state index in [4.69, 9.17) is 0 Å². The number of amides is 1. The van der Waals surface area contributed by atoms with Gasteiger partial charge in [-0.05, 0) is 36.6 Å². The standard InChI is InChI=1S/C23H25N3O2/c1-25(19-12-6-3-7-13-19)22(27)20-15-18-11-8-14-24-21(18)26(23(20)28)16-17-9-4-2-5-10-17/h2,4-5,8-11,14-15,19H,3,6-7,12-13,16H2,1H3. The molecule has 0 aliphatic heterocycles. The van der Waals surface area contributed by atoms with Crippen molar-refractivity contribution in [3.05, 3.63) is 76.2 Å². The molecule has 5 nitrogen and oxygen atoms in total. The Morgan fingerprint density at radius 1 is 1.11 bits per heavy atom. The fourth-order valence-corrected chi connectivity index (χ4v) is 4.10. The molecule has 4 rings (SSSR count). The van der Waals surface area contributed by atoms with Gasteiger partial charge in [0.2, 0.25) is 0 Å². The molecule has 5 heteroatoms. The number of hydrogen-bond acceptors (Lipinski definition) is 3. The van der Waals surface area contributed by atoms with Gasteiger partial charge in [-0.2, -0.15) is 0 Å². The maximum absolute atomic E-state index is 13.3. The van der Waals surface area contributed by atoms with E-state index in [1.54, 1.807) is 21.7 Å². The van der Waals surface area contributed by atoms with Crippen LogP contribution in [0.5, 0.6) is 0 Å². The molecule has 2 aromatic heterocycles. The van der Waals surface area contributed by atoms with Crippen LogP contribution in [0.1, 0.15) is 48.0 Å². The largest absolute Gasteiger partial charge is 0.339 e. The van der Waals surface area contributed by atoms with Crippen molar-refractivity contribution in [2.24, 2.45) is 0 Å². The van der Waals surface area contributed by atoms with Gasteiger partial charge in [-0.1, -0.05) is 49.6 Å². The summed E-state index contributed by atoms with van der Waals surface area (Å²) in [7, 11) is 1.83. The maximum Gasteiger partial charge on any atom is 0.265 e. The van der Waals surface area contributed by atoms with E-state index in [9.17, 15) is 9.59 Å². The molecule has 1 aliphatic rings. The molecule has 1 amide bonds. The summed E-state index contributed by atoms with van der Waals surface area (Å²) in [5, 5.41) is 0.804. The van der Waals surface area contributed by atoms with Crippen molar-refractivity contribution in [3.63, 3.8) is 0 Å². The number of fused-ring (bicyclic) bond motifs is 1. The van der Waals surface area contributed by atoms with Crippen LogP contribution in [-0.4, -0.2) is 33.4 Å². The van der Waals surface area contributed by atoms with E-state index in [1.165, 1.54) is 6.42 Å². The lowest BCUT2D eigenvalue weighted by Crippen LogP contribution is -2.41. The first kappa shape index (κ1) is 18.4. The summed E-state index contributed by atoms with van der Waals surface area (Å²) in [5.41, 5.74) is 1.56. The van der Waals surface area contributed by atoms with E-state index in [-0.39, 0.29) is 23.1 Å². The van der Waals surface area contributed by atoms with Crippen LogP contribution >= 0.6 is 0 Å². The van der Waals surface area contributed by atoms with Crippen molar-refractivity contribution in [2.75, 3.05) is 7.05 Å². The van der Waals surface area contributed by atoms with Gasteiger partial charge in [0.25, 0.3) is 11.5 Å². The third-order valence-corrected chi connectivity index (χ3v) is 5.70. The Morgan fingerprint density at radius 3 is 2.61 bits per heavy atom. The van der Waals surface area contributed by atoms with Gasteiger partial charge in [-0.15, -0.1) is 0 Å². The summed E-state index contributed by atoms with van der Waals surface area (Å²) < 4.78 is 1.62. The van der Waals surface area contributed by atoms with Crippen LogP contribution in [-0.2, 0) is 6.54 Å². The Balaban J connectivity index is 1.77. The van der Waals surface area contributed by atoms with Crippen molar-refractivity contribution in [1.29, 1.82) is 0 Å². The fourth-order valence-electron chi connectivity index (χ4n) is 4.10. The number of rotatable bonds is 4. The number of nitrogens with zero attached hydrogens (tertiary/aromatic N) is 3. The highest BCUT2D eigenvalue weighted by molar-refractivity contribution is 5.97. The summed E-state index contributed by atoms with van der Waals surface area (Å²) in [6, 6.07) is 15.4. The third-order valence-electron chi connectivity index (χ3n) is 5.70. The number of benzene rings is 1. The Morgan fingerprint density at radius 2 is 1.86 bits per heavy atom. The predicted octanol–water partition coefficient (Wildman–Crippen LogP) is 3.85. The van der Waals surface area contributed by atoms with Gasteiger partial charge in [0.05, 0.1) is 6.54 Å². The molecule has 0 unspecified atom stereocenters. The molecule has 1 saturated carbocycles. The minimum Gasteiger partial charge on any atom is -0.339 e. The molecule has 1 fully saturated rings. The molecule has 1 aromatic carbocycles. The van der Waals surface area contributed by atoms with Gasteiger partial charge >= 0.3 is 0 Å². The van der Waals surface area contributed by atoms with E-state index in [0.29, 0.717) is 12.2 Å². The number of pyridine rings is 2. The summed E-state index contributed by atoms with van der Waals surface area (Å²) in [6.45, 7) is 0.390. The van der Waals surface area contributed by atoms with Crippen LogP contribution in [0, 0.1) is 0 Å². The molecule has 0 bridgehead atoms. The topological polar surface area (TPSA) is 55.2 Å². The first-order valence-corrected chi connectivity index (χ1v) is 9.95. The second kappa shape index (κ2) is 7.97. The van der Waals surface area contributed by atoms with Crippen LogP contribution < -0.4 is 5.56 Å². The monoisotopic (exact) mass is 375 g/mol. The highest BCUT2D eigenvalue weighted by Crippen LogP contribution is 2.23. The lowest BCUT2D eigenvalue weighted by atomic mass is 9.94. The lowest BCUT2D eigenvalue weighted by Gasteiger charge is -2.31. The van der Waals surface area contributed by atoms with E-state index in [0.717, 1.165) is 36.6 Å². The molecule has 0 spiro atoms. The van der Waals surface area contributed by atoms with Crippen LogP contribution in [0.25, 0.3) is 11.0 Å². The quantitative estimate of drug-likeness (QED) is 0.696. The Hall–Kier alpha value is -2.95. The van der Waals surface area contributed by atoms with Crippen LogP contribution in [0.4, 0.5) is 0 Å². The first-order chi connectivity index (χ1) is 13.6. The van der Waals surface area contributed by atoms with Crippen molar-refractivity contribution >= 4 is 16.9 Å². The smallest absolute Gasteiger partial charge is 0.265 e. The zero-order valence-electron chi connectivity index (χ0n) is 16.2. The molecule has 0 N–H and O–H groups in total. The average molecular weight is 375 g/mol. The maximum atomic E-state index is 13.3. The average Bonchev–Trinajstić information content (AvgIpc) is 2.76. The van der Waals surface area contributed by atoms with Gasteiger partial charge in [-0.3, -0.25) is 14.2 Å². The lowest BCUT2D eigenvalue weighted by molar-refractivity contribution is 0.0694. The zero-order valence-corrected chi connectivity index (χ0v) is 16.2. The Bertz CT molecular complexity index is 1040.